The number of hydrazone groups is 1. The van der Waals surface area contributed by atoms with Gasteiger partial charge in [-0.2, -0.15) is 10.1 Å². The molecule has 1 heterocycles. The van der Waals surface area contributed by atoms with Crippen LogP contribution >= 0.6 is 24.0 Å². The Morgan fingerprint density at radius 3 is 2.54 bits per heavy atom. The number of aromatic hydroxyl groups is 1. The second kappa shape index (κ2) is 7.72. The minimum atomic E-state index is -0.274. The van der Waals surface area contributed by atoms with E-state index in [4.69, 9.17) is 12.2 Å². The van der Waals surface area contributed by atoms with Crippen LogP contribution in [0.25, 0.3) is 6.08 Å². The molecule has 1 N–H and O–H groups in total. The van der Waals surface area contributed by atoms with Gasteiger partial charge in [-0.15, -0.1) is 0 Å². The average Bonchev–Trinajstić information content (AvgIpc) is 2.87. The predicted octanol–water partition coefficient (Wildman–Crippen LogP) is 3.69. The van der Waals surface area contributed by atoms with Crippen LogP contribution in [0.5, 0.6) is 5.75 Å². The summed E-state index contributed by atoms with van der Waals surface area (Å²) in [5.74, 6) is -0.127. The van der Waals surface area contributed by atoms with Gasteiger partial charge in [0.15, 0.2) is 4.32 Å². The fourth-order valence-corrected chi connectivity index (χ4v) is 3.48. The van der Waals surface area contributed by atoms with Crippen LogP contribution in [-0.2, 0) is 4.79 Å². The van der Waals surface area contributed by atoms with Gasteiger partial charge >= 0.3 is 0 Å². The molecule has 1 aliphatic rings. The standard InChI is InChI=1S/C19H17N3O2S2/c1-21(2)15-8-6-13(7-9-15)12-20-22-18(24)17(26-19(22)25)11-14-4-3-5-16(23)10-14/h3-12,23H,1-2H3/b17-11+,20-12+. The lowest BCUT2D eigenvalue weighted by molar-refractivity contribution is -0.122. The highest BCUT2D eigenvalue weighted by Crippen LogP contribution is 2.33. The van der Waals surface area contributed by atoms with Crippen LogP contribution in [0.4, 0.5) is 5.69 Å². The molecule has 3 rings (SSSR count). The third-order valence-electron chi connectivity index (χ3n) is 3.67. The van der Waals surface area contributed by atoms with Crippen LogP contribution in [0, 0.1) is 0 Å². The monoisotopic (exact) mass is 383 g/mol. The maximum absolute atomic E-state index is 12.5. The van der Waals surface area contributed by atoms with Gasteiger partial charge in [0.2, 0.25) is 0 Å². The van der Waals surface area contributed by atoms with Crippen molar-refractivity contribution in [3.05, 3.63) is 64.6 Å². The van der Waals surface area contributed by atoms with Crippen molar-refractivity contribution in [1.82, 2.24) is 5.01 Å². The zero-order valence-electron chi connectivity index (χ0n) is 14.3. The van der Waals surface area contributed by atoms with Crippen LogP contribution in [0.1, 0.15) is 11.1 Å². The fourth-order valence-electron chi connectivity index (χ4n) is 2.31. The summed E-state index contributed by atoms with van der Waals surface area (Å²) < 4.78 is 0.377. The third-order valence-corrected chi connectivity index (χ3v) is 4.96. The quantitative estimate of drug-likeness (QED) is 0.496. The van der Waals surface area contributed by atoms with Crippen molar-refractivity contribution in [2.24, 2.45) is 5.10 Å². The van der Waals surface area contributed by atoms with E-state index in [1.54, 1.807) is 30.5 Å². The minimum absolute atomic E-state index is 0.147. The summed E-state index contributed by atoms with van der Waals surface area (Å²) >= 11 is 6.46. The third kappa shape index (κ3) is 4.12. The molecule has 5 nitrogen and oxygen atoms in total. The van der Waals surface area contributed by atoms with Crippen LogP contribution in [0.3, 0.4) is 0 Å². The molecule has 1 saturated heterocycles. The Labute approximate surface area is 161 Å². The van der Waals surface area contributed by atoms with Crippen molar-refractivity contribution in [3.8, 4) is 5.75 Å². The Morgan fingerprint density at radius 2 is 1.88 bits per heavy atom. The molecule has 0 aliphatic carbocycles. The number of amides is 1. The second-order valence-corrected chi connectivity index (χ2v) is 7.49. The lowest BCUT2D eigenvalue weighted by Gasteiger charge is -2.12. The summed E-state index contributed by atoms with van der Waals surface area (Å²) in [5.41, 5.74) is 2.69. The highest BCUT2D eigenvalue weighted by Gasteiger charge is 2.32. The topological polar surface area (TPSA) is 56.1 Å². The van der Waals surface area contributed by atoms with Gasteiger partial charge in [-0.25, -0.2) is 0 Å². The minimum Gasteiger partial charge on any atom is -0.508 e. The van der Waals surface area contributed by atoms with Gasteiger partial charge in [0.05, 0.1) is 11.1 Å². The molecule has 0 saturated carbocycles. The Kier molecular flexibility index (Phi) is 5.39. The summed E-state index contributed by atoms with van der Waals surface area (Å²) in [6.07, 6.45) is 3.31. The Hall–Kier alpha value is -2.64. The number of hydrogen-bond acceptors (Lipinski definition) is 6. The molecule has 1 fully saturated rings. The van der Waals surface area contributed by atoms with Crippen molar-refractivity contribution >= 4 is 52.2 Å². The number of phenols is 1. The maximum atomic E-state index is 12.5. The summed E-state index contributed by atoms with van der Waals surface area (Å²) in [5, 5.41) is 15.0. The normalized spacial score (nSPS) is 16.1. The number of phenolic OH excluding ortho intramolecular Hbond substituents is 1. The molecule has 0 aromatic heterocycles. The van der Waals surface area contributed by atoms with Crippen LogP contribution in [0.2, 0.25) is 0 Å². The first-order valence-corrected chi connectivity index (χ1v) is 9.05. The van der Waals surface area contributed by atoms with E-state index in [2.05, 4.69) is 5.10 Å². The molecule has 0 atom stereocenters. The summed E-state index contributed by atoms with van der Waals surface area (Å²) in [6.45, 7) is 0. The molecule has 0 unspecified atom stereocenters. The average molecular weight is 383 g/mol. The number of thiocarbonyl (C=S) groups is 1. The first-order chi connectivity index (χ1) is 12.4. The molecule has 1 aliphatic heterocycles. The fraction of sp³-hybridized carbons (Fsp3) is 0.105. The second-order valence-electron chi connectivity index (χ2n) is 5.82. The van der Waals surface area contributed by atoms with Crippen molar-refractivity contribution < 1.29 is 9.90 Å². The molecule has 0 radical (unpaired) electrons. The van der Waals surface area contributed by atoms with E-state index < -0.39 is 0 Å². The molecular weight excluding hydrogens is 366 g/mol. The molecule has 1 amide bonds. The molecule has 2 aromatic carbocycles. The molecule has 132 valence electrons. The van der Waals surface area contributed by atoms with E-state index in [1.165, 1.54) is 16.8 Å². The van der Waals surface area contributed by atoms with E-state index >= 15 is 0 Å². The van der Waals surface area contributed by atoms with Crippen LogP contribution in [0.15, 0.2) is 58.5 Å². The SMILES string of the molecule is CN(C)c1ccc(/C=N/N2C(=O)/C(=C\c3cccc(O)c3)SC2=S)cc1. The summed E-state index contributed by atoms with van der Waals surface area (Å²) in [6, 6.07) is 14.5. The van der Waals surface area contributed by atoms with Gasteiger partial charge < -0.3 is 10.0 Å². The Morgan fingerprint density at radius 1 is 1.15 bits per heavy atom. The van der Waals surface area contributed by atoms with Crippen molar-refractivity contribution in [3.63, 3.8) is 0 Å². The van der Waals surface area contributed by atoms with Gasteiger partial charge in [0.25, 0.3) is 5.91 Å². The summed E-state index contributed by atoms with van der Waals surface area (Å²) in [7, 11) is 3.95. The number of thioether (sulfide) groups is 1. The molecule has 0 spiro atoms. The molecule has 0 bridgehead atoms. The van der Waals surface area contributed by atoms with Gasteiger partial charge in [-0.05, 0) is 53.7 Å². The lowest BCUT2D eigenvalue weighted by Crippen LogP contribution is -2.22. The predicted molar refractivity (Wildman–Crippen MR) is 111 cm³/mol. The van der Waals surface area contributed by atoms with E-state index in [1.807, 2.05) is 49.3 Å². The van der Waals surface area contributed by atoms with Crippen molar-refractivity contribution in [1.29, 1.82) is 0 Å². The Bertz CT molecular complexity index is 905. The number of benzene rings is 2. The van der Waals surface area contributed by atoms with Gasteiger partial charge in [-0.3, -0.25) is 4.79 Å². The number of rotatable bonds is 4. The van der Waals surface area contributed by atoms with Crippen LogP contribution < -0.4 is 4.90 Å². The Balaban J connectivity index is 1.76. The zero-order chi connectivity index (χ0) is 18.7. The molecule has 2 aromatic rings. The van der Waals surface area contributed by atoms with Crippen molar-refractivity contribution in [2.75, 3.05) is 19.0 Å². The summed E-state index contributed by atoms with van der Waals surface area (Å²) in [4.78, 5) is 15.0. The number of anilines is 1. The number of nitrogens with zero attached hydrogens (tertiary/aromatic N) is 3. The van der Waals surface area contributed by atoms with Crippen LogP contribution in [-0.4, -0.2) is 40.7 Å². The van der Waals surface area contributed by atoms with E-state index in [0.29, 0.717) is 9.23 Å². The number of hydrogen-bond donors (Lipinski definition) is 1. The first-order valence-electron chi connectivity index (χ1n) is 7.82. The highest BCUT2D eigenvalue weighted by atomic mass is 32.2. The highest BCUT2D eigenvalue weighted by molar-refractivity contribution is 8.26. The zero-order valence-corrected chi connectivity index (χ0v) is 15.9. The van der Waals surface area contributed by atoms with E-state index in [0.717, 1.165) is 16.8 Å². The first kappa shape index (κ1) is 18.2. The lowest BCUT2D eigenvalue weighted by atomic mass is 10.2. The number of carbonyl (C=O) groups is 1. The van der Waals surface area contributed by atoms with E-state index in [9.17, 15) is 9.90 Å². The van der Waals surface area contributed by atoms with Gasteiger partial charge in [-0.1, -0.05) is 36.0 Å². The van der Waals surface area contributed by atoms with Crippen molar-refractivity contribution in [2.45, 2.75) is 0 Å². The maximum Gasteiger partial charge on any atom is 0.286 e. The van der Waals surface area contributed by atoms with Gasteiger partial charge in [0.1, 0.15) is 5.75 Å². The smallest absolute Gasteiger partial charge is 0.286 e. The number of carbonyl (C=O) groups excluding carboxylic acids is 1. The van der Waals surface area contributed by atoms with E-state index in [-0.39, 0.29) is 11.7 Å². The molecule has 26 heavy (non-hydrogen) atoms. The van der Waals surface area contributed by atoms with Gasteiger partial charge in [0, 0.05) is 19.8 Å². The largest absolute Gasteiger partial charge is 0.508 e. The molecule has 7 heteroatoms. The molecular formula is C19H17N3O2S2.